The van der Waals surface area contributed by atoms with E-state index in [0.29, 0.717) is 5.56 Å². The second-order valence-electron chi connectivity index (χ2n) is 2.96. The van der Waals surface area contributed by atoms with Crippen molar-refractivity contribution in [3.63, 3.8) is 0 Å². The summed E-state index contributed by atoms with van der Waals surface area (Å²) >= 11 is 0. The van der Waals surface area contributed by atoms with Crippen LogP contribution in [0.25, 0.3) is 0 Å². The largest absolute Gasteiger partial charge is 0.372 e. The maximum Gasteiger partial charge on any atom is 0.0991 e. The summed E-state index contributed by atoms with van der Waals surface area (Å²) in [6, 6.07) is 9.38. The number of hydrogen-bond acceptors (Lipinski definition) is 2. The van der Waals surface area contributed by atoms with Crippen molar-refractivity contribution in [2.45, 2.75) is 19.4 Å². The first-order chi connectivity index (χ1) is 6.80. The average molecular weight is 184 g/mol. The molecule has 1 aromatic rings. The topological polar surface area (TPSA) is 35.8 Å². The Morgan fingerprint density at radius 3 is 2.50 bits per heavy atom. The van der Waals surface area contributed by atoms with E-state index in [1.807, 2.05) is 19.1 Å². The summed E-state index contributed by atoms with van der Waals surface area (Å²) in [7, 11) is 0. The summed E-state index contributed by atoms with van der Waals surface area (Å²) in [6.07, 6.45) is 6.21. The molecule has 2 nitrogen and oxygen atoms in total. The quantitative estimate of drug-likeness (QED) is 0.732. The van der Waals surface area contributed by atoms with Crippen LogP contribution in [0.4, 0.5) is 5.69 Å². The molecule has 1 unspecified atom stereocenters. The molecule has 0 aromatic heterocycles. The molecule has 2 heteroatoms. The first kappa shape index (κ1) is 10.2. The normalized spacial score (nSPS) is 11.1. The number of nitrogens with one attached hydrogen (secondary N) is 1. The van der Waals surface area contributed by atoms with E-state index in [4.69, 9.17) is 11.7 Å². The second kappa shape index (κ2) is 4.94. The summed E-state index contributed by atoms with van der Waals surface area (Å²) in [4.78, 5) is 0. The van der Waals surface area contributed by atoms with Gasteiger partial charge in [0.25, 0.3) is 0 Å². The van der Waals surface area contributed by atoms with Crippen molar-refractivity contribution in [1.82, 2.24) is 0 Å². The zero-order valence-electron chi connectivity index (χ0n) is 8.12. The van der Waals surface area contributed by atoms with Crippen molar-refractivity contribution >= 4 is 5.69 Å². The molecular weight excluding hydrogens is 172 g/mol. The number of rotatable bonds is 3. The van der Waals surface area contributed by atoms with Crippen molar-refractivity contribution in [3.8, 4) is 18.4 Å². The van der Waals surface area contributed by atoms with E-state index in [0.717, 1.165) is 12.1 Å². The number of benzene rings is 1. The second-order valence-corrected chi connectivity index (χ2v) is 2.96. The lowest BCUT2D eigenvalue weighted by Crippen LogP contribution is -2.15. The van der Waals surface area contributed by atoms with Crippen molar-refractivity contribution < 1.29 is 0 Å². The van der Waals surface area contributed by atoms with E-state index in [1.54, 1.807) is 12.1 Å². The van der Waals surface area contributed by atoms with Crippen LogP contribution in [0.5, 0.6) is 0 Å². The molecule has 0 amide bonds. The average Bonchev–Trinajstić information content (AvgIpc) is 2.26. The minimum absolute atomic E-state index is 0.0583. The highest BCUT2D eigenvalue weighted by Gasteiger charge is 2.00. The van der Waals surface area contributed by atoms with Gasteiger partial charge in [-0.2, -0.15) is 5.26 Å². The fourth-order valence-corrected chi connectivity index (χ4v) is 1.10. The van der Waals surface area contributed by atoms with Crippen LogP contribution in [-0.4, -0.2) is 6.04 Å². The highest BCUT2D eigenvalue weighted by atomic mass is 14.9. The predicted octanol–water partition coefficient (Wildman–Crippen LogP) is 2.38. The van der Waals surface area contributed by atoms with Gasteiger partial charge in [0, 0.05) is 5.69 Å². The van der Waals surface area contributed by atoms with E-state index < -0.39 is 0 Å². The van der Waals surface area contributed by atoms with E-state index in [-0.39, 0.29) is 6.04 Å². The Morgan fingerprint density at radius 2 is 2.07 bits per heavy atom. The van der Waals surface area contributed by atoms with Gasteiger partial charge in [0.05, 0.1) is 17.7 Å². The summed E-state index contributed by atoms with van der Waals surface area (Å²) in [5, 5.41) is 11.8. The monoisotopic (exact) mass is 184 g/mol. The predicted molar refractivity (Wildman–Crippen MR) is 57.7 cm³/mol. The first-order valence-corrected chi connectivity index (χ1v) is 4.53. The Bertz CT molecular complexity index is 365. The molecule has 0 spiro atoms. The molecule has 1 rings (SSSR count). The standard InChI is InChI=1S/C12H12N2/c1-3-11(4-2)14-12-7-5-10(9-13)6-8-12/h1,5-8,11,14H,4H2,2H3. The molecule has 0 saturated heterocycles. The maximum atomic E-state index is 8.60. The molecule has 0 aliphatic carbocycles. The molecule has 1 aromatic carbocycles. The lowest BCUT2D eigenvalue weighted by Gasteiger charge is -2.11. The highest BCUT2D eigenvalue weighted by molar-refractivity contribution is 5.48. The smallest absolute Gasteiger partial charge is 0.0991 e. The zero-order chi connectivity index (χ0) is 10.4. The van der Waals surface area contributed by atoms with Crippen LogP contribution < -0.4 is 5.32 Å². The molecule has 0 aliphatic heterocycles. The lowest BCUT2D eigenvalue weighted by atomic mass is 10.2. The van der Waals surface area contributed by atoms with Gasteiger partial charge in [-0.05, 0) is 30.7 Å². The minimum atomic E-state index is 0.0583. The molecule has 0 heterocycles. The van der Waals surface area contributed by atoms with Crippen LogP contribution in [0.3, 0.4) is 0 Å². The van der Waals surface area contributed by atoms with Gasteiger partial charge in [-0.15, -0.1) is 6.42 Å². The van der Waals surface area contributed by atoms with Crippen LogP contribution in [0.2, 0.25) is 0 Å². The summed E-state index contributed by atoms with van der Waals surface area (Å²) in [5.41, 5.74) is 1.61. The van der Waals surface area contributed by atoms with Crippen LogP contribution in [0.15, 0.2) is 24.3 Å². The van der Waals surface area contributed by atoms with Gasteiger partial charge in [0.2, 0.25) is 0 Å². The Kier molecular flexibility index (Phi) is 3.58. The van der Waals surface area contributed by atoms with Crippen molar-refractivity contribution in [2.24, 2.45) is 0 Å². The van der Waals surface area contributed by atoms with E-state index >= 15 is 0 Å². The van der Waals surface area contributed by atoms with E-state index in [2.05, 4.69) is 17.3 Å². The van der Waals surface area contributed by atoms with Gasteiger partial charge in [-0.3, -0.25) is 0 Å². The molecular formula is C12H12N2. The van der Waals surface area contributed by atoms with Gasteiger partial charge in [-0.1, -0.05) is 12.8 Å². The molecule has 70 valence electrons. The molecule has 0 saturated carbocycles. The molecule has 0 bridgehead atoms. The Balaban J connectivity index is 2.70. The zero-order valence-corrected chi connectivity index (χ0v) is 8.12. The van der Waals surface area contributed by atoms with Crippen LogP contribution >= 0.6 is 0 Å². The van der Waals surface area contributed by atoms with Crippen molar-refractivity contribution in [1.29, 1.82) is 5.26 Å². The number of terminal acetylenes is 1. The summed E-state index contributed by atoms with van der Waals surface area (Å²) in [5.74, 6) is 2.65. The van der Waals surface area contributed by atoms with Crippen molar-refractivity contribution in [2.75, 3.05) is 5.32 Å². The molecule has 0 fully saturated rings. The third-order valence-corrected chi connectivity index (χ3v) is 1.96. The van der Waals surface area contributed by atoms with E-state index in [9.17, 15) is 0 Å². The molecule has 14 heavy (non-hydrogen) atoms. The number of anilines is 1. The summed E-state index contributed by atoms with van der Waals surface area (Å²) < 4.78 is 0. The van der Waals surface area contributed by atoms with Crippen LogP contribution in [0.1, 0.15) is 18.9 Å². The number of nitrogens with zero attached hydrogens (tertiary/aromatic N) is 1. The number of hydrogen-bond donors (Lipinski definition) is 1. The molecule has 1 atom stereocenters. The fourth-order valence-electron chi connectivity index (χ4n) is 1.10. The third-order valence-electron chi connectivity index (χ3n) is 1.96. The van der Waals surface area contributed by atoms with E-state index in [1.165, 1.54) is 0 Å². The number of nitriles is 1. The Hall–Kier alpha value is -1.93. The van der Waals surface area contributed by atoms with Gasteiger partial charge in [0.15, 0.2) is 0 Å². The maximum absolute atomic E-state index is 8.60. The Morgan fingerprint density at radius 1 is 1.43 bits per heavy atom. The Labute approximate surface area is 84.6 Å². The van der Waals surface area contributed by atoms with Crippen molar-refractivity contribution in [3.05, 3.63) is 29.8 Å². The molecule has 0 radical (unpaired) electrons. The molecule has 1 N–H and O–H groups in total. The highest BCUT2D eigenvalue weighted by Crippen LogP contribution is 2.10. The van der Waals surface area contributed by atoms with Gasteiger partial charge in [0.1, 0.15) is 0 Å². The van der Waals surface area contributed by atoms with Crippen LogP contribution in [-0.2, 0) is 0 Å². The van der Waals surface area contributed by atoms with Gasteiger partial charge in [-0.25, -0.2) is 0 Å². The minimum Gasteiger partial charge on any atom is -0.372 e. The third kappa shape index (κ3) is 2.54. The summed E-state index contributed by atoms with van der Waals surface area (Å²) in [6.45, 7) is 2.03. The van der Waals surface area contributed by atoms with Crippen LogP contribution in [0, 0.1) is 23.7 Å². The first-order valence-electron chi connectivity index (χ1n) is 4.53. The fraction of sp³-hybridized carbons (Fsp3) is 0.250. The van der Waals surface area contributed by atoms with Gasteiger partial charge >= 0.3 is 0 Å². The SMILES string of the molecule is C#CC(CC)Nc1ccc(C#N)cc1. The molecule has 0 aliphatic rings. The van der Waals surface area contributed by atoms with Gasteiger partial charge < -0.3 is 5.32 Å². The lowest BCUT2D eigenvalue weighted by molar-refractivity contribution is 0.858.